The highest BCUT2D eigenvalue weighted by atomic mass is 32.2. The summed E-state index contributed by atoms with van der Waals surface area (Å²) in [6.45, 7) is -0.518. The number of carboxylic acid groups (broad SMARTS) is 1. The molecule has 1 aliphatic heterocycles. The van der Waals surface area contributed by atoms with Gasteiger partial charge in [0.25, 0.3) is 0 Å². The first-order valence-electron chi connectivity index (χ1n) is 11.4. The number of carbonyl (C=O) groups is 2. The number of benzene rings is 2. The summed E-state index contributed by atoms with van der Waals surface area (Å²) in [4.78, 5) is 24.8. The molecule has 2 aromatic rings. The molecule has 0 radical (unpaired) electrons. The fourth-order valence-corrected chi connectivity index (χ4v) is 4.94. The van der Waals surface area contributed by atoms with Crippen molar-refractivity contribution < 1.29 is 53.2 Å². The van der Waals surface area contributed by atoms with Gasteiger partial charge in [-0.25, -0.2) is 9.18 Å². The van der Waals surface area contributed by atoms with Gasteiger partial charge in [0.05, 0.1) is 13.0 Å². The Kier molecular flexibility index (Phi) is 8.21. The molecule has 0 saturated carbocycles. The Morgan fingerprint density at radius 3 is 2.32 bits per heavy atom. The van der Waals surface area contributed by atoms with Crippen molar-refractivity contribution in [3.8, 4) is 0 Å². The average molecular weight is 549 g/mol. The van der Waals surface area contributed by atoms with E-state index in [-0.39, 0.29) is 5.57 Å². The van der Waals surface area contributed by atoms with Gasteiger partial charge in [-0.15, -0.1) is 0 Å². The average Bonchev–Trinajstić information content (AvgIpc) is 3.15. The molecule has 0 bridgehead atoms. The molecule has 1 saturated heterocycles. The molecule has 4 rings (SSSR count). The minimum Gasteiger partial charge on any atom is -0.479 e. The number of fused-ring (bicyclic) bond motifs is 1. The summed E-state index contributed by atoms with van der Waals surface area (Å²) in [6, 6.07) is 10.8. The highest BCUT2D eigenvalue weighted by molar-refractivity contribution is 7.84. The van der Waals surface area contributed by atoms with Crippen LogP contribution in [0.2, 0.25) is 0 Å². The van der Waals surface area contributed by atoms with Crippen LogP contribution in [0.3, 0.4) is 0 Å². The van der Waals surface area contributed by atoms with Crippen LogP contribution < -0.4 is 0 Å². The summed E-state index contributed by atoms with van der Waals surface area (Å²) in [7, 11) is -1.17. The second-order valence-corrected chi connectivity index (χ2v) is 10.2. The van der Waals surface area contributed by atoms with Gasteiger partial charge in [-0.2, -0.15) is 0 Å². The quantitative estimate of drug-likeness (QED) is 0.310. The first-order valence-corrected chi connectivity index (χ1v) is 13.0. The van der Waals surface area contributed by atoms with Gasteiger partial charge < -0.3 is 35.0 Å². The van der Waals surface area contributed by atoms with Crippen molar-refractivity contribution in [2.75, 3.05) is 12.9 Å². The number of ether oxygens (including phenoxy) is 2. The van der Waals surface area contributed by atoms with Crippen LogP contribution in [0.4, 0.5) is 4.39 Å². The number of halogens is 1. The minimum atomic E-state index is -1.96. The molecule has 0 amide bonds. The van der Waals surface area contributed by atoms with Crippen molar-refractivity contribution >= 4 is 40.0 Å². The predicted molar refractivity (Wildman–Crippen MR) is 132 cm³/mol. The van der Waals surface area contributed by atoms with Crippen LogP contribution in [-0.2, 0) is 29.9 Å². The number of hydrogen-bond acceptors (Lipinski definition) is 9. The van der Waals surface area contributed by atoms with Crippen LogP contribution in [0.1, 0.15) is 23.1 Å². The zero-order valence-electron chi connectivity index (χ0n) is 20.0. The largest absolute Gasteiger partial charge is 0.479 e. The van der Waals surface area contributed by atoms with Crippen molar-refractivity contribution in [3.05, 3.63) is 70.5 Å². The van der Waals surface area contributed by atoms with E-state index < -0.39 is 72.3 Å². The van der Waals surface area contributed by atoms with E-state index >= 15 is 0 Å². The lowest BCUT2D eigenvalue weighted by atomic mass is 9.99. The standard InChI is InChI=1S/C26H25FO10S/c1-38(35)14-5-2-12(3-6-14)8-16-15-7-4-13(27)9-17(15)18(19(16)11-28)10-20(29)36-26-23(32)21(30)22(31)24(37-26)25(33)34/h2-9,21-24,26,28,30-32H,10-11H2,1H3,(H,33,34)/b16-8+/t21-,22-,23+,24-,26?,38?/m0/s1. The van der Waals surface area contributed by atoms with E-state index in [2.05, 4.69) is 0 Å². The zero-order valence-corrected chi connectivity index (χ0v) is 20.8. The molecule has 38 heavy (non-hydrogen) atoms. The Morgan fingerprint density at radius 1 is 1.03 bits per heavy atom. The van der Waals surface area contributed by atoms with E-state index in [0.29, 0.717) is 32.7 Å². The molecule has 2 aromatic carbocycles. The van der Waals surface area contributed by atoms with Gasteiger partial charge in [0, 0.05) is 22.0 Å². The third-order valence-electron chi connectivity index (χ3n) is 6.35. The molecule has 12 heteroatoms. The van der Waals surface area contributed by atoms with Crippen molar-refractivity contribution in [3.63, 3.8) is 0 Å². The van der Waals surface area contributed by atoms with Crippen molar-refractivity contribution in [2.45, 2.75) is 42.0 Å². The summed E-state index contributed by atoms with van der Waals surface area (Å²) < 4.78 is 35.9. The zero-order chi connectivity index (χ0) is 27.7. The van der Waals surface area contributed by atoms with Crippen LogP contribution in [-0.4, -0.2) is 85.2 Å². The Hall–Kier alpha value is -3.26. The lowest BCUT2D eigenvalue weighted by Gasteiger charge is -2.38. The molecule has 1 fully saturated rings. The Balaban J connectivity index is 1.65. The number of aliphatic carboxylic acids is 1. The van der Waals surface area contributed by atoms with Crippen LogP contribution in [0, 0.1) is 5.82 Å². The van der Waals surface area contributed by atoms with Gasteiger partial charge in [0.15, 0.2) is 6.10 Å². The number of rotatable bonds is 7. The Labute approximate surface area is 218 Å². The van der Waals surface area contributed by atoms with E-state index in [1.165, 1.54) is 18.2 Å². The van der Waals surface area contributed by atoms with E-state index in [9.17, 15) is 43.7 Å². The summed E-state index contributed by atoms with van der Waals surface area (Å²) >= 11 is 0. The number of esters is 1. The molecule has 6 atom stereocenters. The fourth-order valence-electron chi connectivity index (χ4n) is 4.42. The van der Waals surface area contributed by atoms with Gasteiger partial charge >= 0.3 is 11.9 Å². The van der Waals surface area contributed by atoms with Crippen molar-refractivity contribution in [1.29, 1.82) is 0 Å². The van der Waals surface area contributed by atoms with Gasteiger partial charge in [-0.05, 0) is 63.8 Å². The van der Waals surface area contributed by atoms with E-state index in [1.807, 2.05) is 0 Å². The molecular formula is C26H25FO10S. The molecule has 1 heterocycles. The highest BCUT2D eigenvalue weighted by Gasteiger charge is 2.48. The van der Waals surface area contributed by atoms with Gasteiger partial charge in [0.1, 0.15) is 24.1 Å². The Morgan fingerprint density at radius 2 is 1.71 bits per heavy atom. The van der Waals surface area contributed by atoms with Gasteiger partial charge in [-0.1, -0.05) is 18.2 Å². The topological polar surface area (TPSA) is 171 Å². The molecule has 1 aliphatic carbocycles. The Bertz CT molecular complexity index is 1340. The number of carbonyl (C=O) groups excluding carboxylic acids is 1. The van der Waals surface area contributed by atoms with Crippen LogP contribution >= 0.6 is 0 Å². The lowest BCUT2D eigenvalue weighted by molar-refractivity contribution is -0.286. The molecule has 0 spiro atoms. The number of carboxylic acids is 1. The highest BCUT2D eigenvalue weighted by Crippen LogP contribution is 2.44. The van der Waals surface area contributed by atoms with E-state index in [0.717, 1.165) is 0 Å². The van der Waals surface area contributed by atoms with Crippen molar-refractivity contribution in [1.82, 2.24) is 0 Å². The maximum Gasteiger partial charge on any atom is 0.335 e. The normalized spacial score (nSPS) is 26.8. The summed E-state index contributed by atoms with van der Waals surface area (Å²) in [5.41, 5.74) is 2.64. The summed E-state index contributed by atoms with van der Waals surface area (Å²) in [6.07, 6.45) is -6.92. The SMILES string of the molecule is CS(=O)c1ccc(/C=C2/C(CO)=C(CC(=O)OC3O[C@H](C(=O)O)[C@@H](O)[C@H](O)[C@H]3O)c3cc(F)ccc32)cc1. The lowest BCUT2D eigenvalue weighted by Crippen LogP contribution is -2.60. The second-order valence-electron chi connectivity index (χ2n) is 8.79. The first kappa shape index (κ1) is 27.8. The van der Waals surface area contributed by atoms with Crippen molar-refractivity contribution in [2.24, 2.45) is 0 Å². The van der Waals surface area contributed by atoms with Gasteiger partial charge in [-0.3, -0.25) is 9.00 Å². The van der Waals surface area contributed by atoms with Crippen LogP contribution in [0.5, 0.6) is 0 Å². The van der Waals surface area contributed by atoms with E-state index in [4.69, 9.17) is 9.47 Å². The number of hydrogen-bond donors (Lipinski definition) is 5. The second kappa shape index (κ2) is 11.2. The minimum absolute atomic E-state index is 0.241. The van der Waals surface area contributed by atoms with Gasteiger partial charge in [0.2, 0.25) is 6.29 Å². The maximum atomic E-state index is 14.2. The molecular weight excluding hydrogens is 523 g/mol. The first-order chi connectivity index (χ1) is 18.0. The monoisotopic (exact) mass is 548 g/mol. The predicted octanol–water partition coefficient (Wildman–Crippen LogP) is 0.689. The molecule has 2 aliphatic rings. The smallest absolute Gasteiger partial charge is 0.335 e. The third kappa shape index (κ3) is 5.46. The number of aliphatic hydroxyl groups is 4. The number of aliphatic hydroxyl groups excluding tert-OH is 4. The van der Waals surface area contributed by atoms with E-state index in [1.54, 1.807) is 36.6 Å². The molecule has 2 unspecified atom stereocenters. The summed E-state index contributed by atoms with van der Waals surface area (Å²) in [5.74, 6) is -3.24. The fraction of sp³-hybridized carbons (Fsp3) is 0.308. The maximum absolute atomic E-state index is 14.2. The molecule has 5 N–H and O–H groups in total. The third-order valence-corrected chi connectivity index (χ3v) is 7.29. The molecule has 10 nitrogen and oxygen atoms in total. The molecule has 0 aromatic heterocycles. The van der Waals surface area contributed by atoms with Crippen LogP contribution in [0.15, 0.2) is 52.9 Å². The molecule has 202 valence electrons. The summed E-state index contributed by atoms with van der Waals surface area (Å²) in [5, 5.41) is 49.3. The van der Waals surface area contributed by atoms with Crippen LogP contribution in [0.25, 0.3) is 17.2 Å².